The molecule has 1 fully saturated rings. The summed E-state index contributed by atoms with van der Waals surface area (Å²) in [6.07, 6.45) is 9.21. The van der Waals surface area contributed by atoms with Crippen LogP contribution >= 0.6 is 0 Å². The van der Waals surface area contributed by atoms with E-state index in [1.807, 2.05) is 6.08 Å². The molecule has 1 aliphatic rings. The molecule has 1 saturated heterocycles. The van der Waals surface area contributed by atoms with Crippen LogP contribution in [0.3, 0.4) is 0 Å². The number of nitrogens with two attached hydrogens (primary N) is 1. The number of hydrogen-bond acceptors (Lipinski definition) is 4. The normalized spacial score (nSPS) is 20.2. The molecule has 1 aliphatic heterocycles. The van der Waals surface area contributed by atoms with Crippen molar-refractivity contribution in [1.82, 2.24) is 4.90 Å². The molecule has 0 radical (unpaired) electrons. The number of hydrogen-bond donors (Lipinski definition) is 2. The second-order valence-electron chi connectivity index (χ2n) is 5.38. The lowest BCUT2D eigenvalue weighted by atomic mass is 10.00. The molecule has 0 amide bonds. The van der Waals surface area contributed by atoms with Gasteiger partial charge in [-0.15, -0.1) is 0 Å². The Morgan fingerprint density at radius 3 is 2.79 bits per heavy atom. The van der Waals surface area contributed by atoms with Gasteiger partial charge in [0.1, 0.15) is 0 Å². The van der Waals surface area contributed by atoms with Crippen molar-refractivity contribution in [2.75, 3.05) is 26.8 Å². The zero-order valence-corrected chi connectivity index (χ0v) is 12.2. The molecule has 19 heavy (non-hydrogen) atoms. The second-order valence-corrected chi connectivity index (χ2v) is 5.38. The predicted octanol–water partition coefficient (Wildman–Crippen LogP) is 1.86. The minimum Gasteiger partial charge on any atom is -0.400 e. The van der Waals surface area contributed by atoms with Crippen molar-refractivity contribution in [2.45, 2.75) is 38.7 Å². The zero-order chi connectivity index (χ0) is 14.1. The molecule has 0 spiro atoms. The average Bonchev–Trinajstić information content (AvgIpc) is 2.41. The Morgan fingerprint density at radius 2 is 2.16 bits per heavy atom. The van der Waals surface area contributed by atoms with Crippen molar-refractivity contribution < 1.29 is 9.84 Å². The summed E-state index contributed by atoms with van der Waals surface area (Å²) in [5, 5.41) is 9.82. The molecule has 0 aromatic rings. The molecule has 0 bridgehead atoms. The van der Waals surface area contributed by atoms with E-state index in [2.05, 4.69) is 18.0 Å². The molecule has 0 aromatic heterocycles. The van der Waals surface area contributed by atoms with Crippen LogP contribution in [-0.2, 0) is 4.74 Å². The van der Waals surface area contributed by atoms with E-state index in [-0.39, 0.29) is 0 Å². The molecule has 3 N–H and O–H groups in total. The number of allylic oxidation sites excluding steroid dienone is 2. The van der Waals surface area contributed by atoms with Gasteiger partial charge in [0.15, 0.2) is 0 Å². The maximum atomic E-state index is 9.82. The van der Waals surface area contributed by atoms with Gasteiger partial charge < -0.3 is 20.5 Å². The summed E-state index contributed by atoms with van der Waals surface area (Å²) in [4.78, 5) is 2.31. The Morgan fingerprint density at radius 1 is 1.47 bits per heavy atom. The van der Waals surface area contributed by atoms with Gasteiger partial charge in [-0.3, -0.25) is 0 Å². The summed E-state index contributed by atoms with van der Waals surface area (Å²) in [6, 6.07) is 0. The molecule has 110 valence electrons. The van der Waals surface area contributed by atoms with E-state index >= 15 is 0 Å². The van der Waals surface area contributed by atoms with Gasteiger partial charge in [-0.05, 0) is 50.0 Å². The third kappa shape index (κ3) is 6.64. The fourth-order valence-electron chi connectivity index (χ4n) is 2.15. The number of methoxy groups -OCH3 is 1. The lowest BCUT2D eigenvalue weighted by Gasteiger charge is -2.28. The molecule has 0 aliphatic carbocycles. The third-order valence-electron chi connectivity index (χ3n) is 3.61. The van der Waals surface area contributed by atoms with Crippen LogP contribution in [0.25, 0.3) is 0 Å². The van der Waals surface area contributed by atoms with Gasteiger partial charge in [0, 0.05) is 32.5 Å². The van der Waals surface area contributed by atoms with Crippen LogP contribution in [0.15, 0.2) is 24.0 Å². The minimum atomic E-state index is -0.568. The maximum Gasteiger partial charge on any atom is 0.0933 e. The van der Waals surface area contributed by atoms with Crippen LogP contribution in [-0.4, -0.2) is 42.9 Å². The van der Waals surface area contributed by atoms with Crippen LogP contribution in [0.5, 0.6) is 0 Å². The van der Waals surface area contributed by atoms with Crippen molar-refractivity contribution in [3.05, 3.63) is 24.0 Å². The number of likely N-dealkylation sites (tertiary alicyclic amines) is 1. The second kappa shape index (κ2) is 8.99. The quantitative estimate of drug-likeness (QED) is 0.546. The highest BCUT2D eigenvalue weighted by Crippen LogP contribution is 2.16. The third-order valence-corrected chi connectivity index (χ3v) is 3.61. The summed E-state index contributed by atoms with van der Waals surface area (Å²) < 4.78 is 4.95. The Bertz CT molecular complexity index is 295. The first-order valence-corrected chi connectivity index (χ1v) is 7.18. The summed E-state index contributed by atoms with van der Waals surface area (Å²) in [6.45, 7) is 5.19. The summed E-state index contributed by atoms with van der Waals surface area (Å²) in [5.41, 5.74) is 6.36. The number of piperidine rings is 1. The summed E-state index contributed by atoms with van der Waals surface area (Å²) in [7, 11) is 1.66. The highest BCUT2D eigenvalue weighted by molar-refractivity contribution is 5.13. The van der Waals surface area contributed by atoms with Crippen molar-refractivity contribution in [3.8, 4) is 0 Å². The lowest BCUT2D eigenvalue weighted by molar-refractivity contribution is 0.154. The first kappa shape index (κ1) is 16.1. The first-order valence-electron chi connectivity index (χ1n) is 7.18. The van der Waals surface area contributed by atoms with Gasteiger partial charge in [-0.2, -0.15) is 0 Å². The summed E-state index contributed by atoms with van der Waals surface area (Å²) in [5.74, 6) is 0.841. The van der Waals surface area contributed by atoms with Gasteiger partial charge >= 0.3 is 0 Å². The zero-order valence-electron chi connectivity index (χ0n) is 12.2. The fourth-order valence-corrected chi connectivity index (χ4v) is 2.15. The van der Waals surface area contributed by atoms with Crippen molar-refractivity contribution >= 4 is 0 Å². The monoisotopic (exact) mass is 268 g/mol. The molecule has 4 heteroatoms. The molecular formula is C15H28N2O2. The highest BCUT2D eigenvalue weighted by atomic mass is 16.5. The van der Waals surface area contributed by atoms with Crippen LogP contribution in [0, 0.1) is 5.92 Å². The lowest BCUT2D eigenvalue weighted by Crippen LogP contribution is -2.28. The van der Waals surface area contributed by atoms with E-state index in [4.69, 9.17) is 10.5 Å². The fraction of sp³-hybridized carbons (Fsp3) is 0.733. The van der Waals surface area contributed by atoms with Gasteiger partial charge in [0.2, 0.25) is 0 Å². The number of aliphatic hydroxyl groups is 1. The molecule has 1 rings (SSSR count). The number of nitrogens with zero attached hydrogens (tertiary/aromatic N) is 1. The maximum absolute atomic E-state index is 9.82. The standard InChI is InChI=1S/C15H28N2O2/c1-13-7-10-17(11-8-13)9-3-5-14(16)15(18)6-4-12-19-2/h3,5,9,13,15,18H,4,6-8,10-12,16H2,1-2H3/b9-3+,14-5-. The van der Waals surface area contributed by atoms with Gasteiger partial charge in [-0.1, -0.05) is 6.92 Å². The van der Waals surface area contributed by atoms with E-state index in [0.717, 1.165) is 25.4 Å². The van der Waals surface area contributed by atoms with Crippen LogP contribution in [0.2, 0.25) is 0 Å². The van der Waals surface area contributed by atoms with Crippen LogP contribution in [0.4, 0.5) is 0 Å². The van der Waals surface area contributed by atoms with E-state index in [1.54, 1.807) is 13.2 Å². The van der Waals surface area contributed by atoms with Crippen molar-refractivity contribution in [1.29, 1.82) is 0 Å². The summed E-state index contributed by atoms with van der Waals surface area (Å²) >= 11 is 0. The van der Waals surface area contributed by atoms with Gasteiger partial charge in [0.25, 0.3) is 0 Å². The van der Waals surface area contributed by atoms with E-state index < -0.39 is 6.10 Å². The average molecular weight is 268 g/mol. The predicted molar refractivity (Wildman–Crippen MR) is 78.5 cm³/mol. The van der Waals surface area contributed by atoms with E-state index in [1.165, 1.54) is 12.8 Å². The number of aliphatic hydroxyl groups excluding tert-OH is 1. The van der Waals surface area contributed by atoms with Gasteiger partial charge in [-0.25, -0.2) is 0 Å². The Balaban J connectivity index is 2.29. The van der Waals surface area contributed by atoms with Crippen LogP contribution < -0.4 is 5.73 Å². The molecular weight excluding hydrogens is 240 g/mol. The largest absolute Gasteiger partial charge is 0.400 e. The highest BCUT2D eigenvalue weighted by Gasteiger charge is 2.12. The van der Waals surface area contributed by atoms with Crippen molar-refractivity contribution in [2.24, 2.45) is 11.7 Å². The molecule has 4 nitrogen and oxygen atoms in total. The SMILES string of the molecule is COCCCC(O)/C(N)=C/C=C/N1CCC(C)CC1. The molecule has 0 aromatic carbocycles. The Kier molecular flexibility index (Phi) is 7.60. The Labute approximate surface area is 116 Å². The molecule has 1 unspecified atom stereocenters. The number of ether oxygens (including phenoxy) is 1. The van der Waals surface area contributed by atoms with E-state index in [9.17, 15) is 5.11 Å². The minimum absolute atomic E-state index is 0.526. The molecule has 0 saturated carbocycles. The Hall–Kier alpha value is -1.00. The number of rotatable bonds is 7. The van der Waals surface area contributed by atoms with E-state index in [0.29, 0.717) is 18.7 Å². The molecule has 1 atom stereocenters. The first-order chi connectivity index (χ1) is 9.13. The van der Waals surface area contributed by atoms with Gasteiger partial charge in [0.05, 0.1) is 6.10 Å². The molecule has 1 heterocycles. The smallest absolute Gasteiger partial charge is 0.0933 e. The topological polar surface area (TPSA) is 58.7 Å². The van der Waals surface area contributed by atoms with Crippen LogP contribution in [0.1, 0.15) is 32.6 Å². The van der Waals surface area contributed by atoms with Crippen molar-refractivity contribution in [3.63, 3.8) is 0 Å².